The number of aromatic nitrogens is 2. The molecule has 2 aromatic rings. The molecular formula is C16H20N4O2. The predicted molar refractivity (Wildman–Crippen MR) is 84.0 cm³/mol. The number of likely N-dealkylation sites (N-methyl/N-ethyl adjacent to an activating group) is 1. The molecule has 1 N–H and O–H groups in total. The zero-order chi connectivity index (χ0) is 15.9. The number of nitrogens with one attached hydrogen (secondary N) is 1. The van der Waals surface area contributed by atoms with Crippen molar-refractivity contribution in [2.75, 3.05) is 20.6 Å². The van der Waals surface area contributed by atoms with Gasteiger partial charge >= 0.3 is 0 Å². The minimum Gasteiger partial charge on any atom is -0.437 e. The largest absolute Gasteiger partial charge is 0.437 e. The van der Waals surface area contributed by atoms with Gasteiger partial charge in [0.05, 0.1) is 6.20 Å². The molecule has 0 spiro atoms. The van der Waals surface area contributed by atoms with E-state index in [1.807, 2.05) is 25.9 Å². The highest BCUT2D eigenvalue weighted by Gasteiger charge is 2.15. The van der Waals surface area contributed by atoms with E-state index >= 15 is 0 Å². The Morgan fingerprint density at radius 2 is 2.09 bits per heavy atom. The Morgan fingerprint density at radius 1 is 1.32 bits per heavy atom. The number of hydrogen-bond acceptors (Lipinski definition) is 5. The lowest BCUT2D eigenvalue weighted by Gasteiger charge is -2.20. The third-order valence-corrected chi connectivity index (χ3v) is 3.30. The summed E-state index contributed by atoms with van der Waals surface area (Å²) in [5.74, 6) is 0.600. The maximum absolute atomic E-state index is 12.3. The highest BCUT2D eigenvalue weighted by Crippen LogP contribution is 2.21. The predicted octanol–water partition coefficient (Wildman–Crippen LogP) is 1.95. The van der Waals surface area contributed by atoms with Gasteiger partial charge in [0, 0.05) is 25.0 Å². The molecule has 0 aliphatic rings. The summed E-state index contributed by atoms with van der Waals surface area (Å²) in [4.78, 5) is 22.5. The van der Waals surface area contributed by atoms with Crippen molar-refractivity contribution in [1.29, 1.82) is 0 Å². The van der Waals surface area contributed by atoms with Gasteiger partial charge in [-0.2, -0.15) is 0 Å². The molecule has 6 nitrogen and oxygen atoms in total. The molecule has 6 heteroatoms. The molecule has 2 rings (SSSR count). The zero-order valence-electron chi connectivity index (χ0n) is 13.0. The average Bonchev–Trinajstić information content (AvgIpc) is 2.53. The molecule has 0 bridgehead atoms. The fourth-order valence-corrected chi connectivity index (χ4v) is 1.68. The SMILES string of the molecule is C[C@H](CNC(=O)c1cccnc1Oc1cccnc1)N(C)C. The van der Waals surface area contributed by atoms with Gasteiger partial charge < -0.3 is 15.0 Å². The van der Waals surface area contributed by atoms with E-state index in [9.17, 15) is 4.79 Å². The van der Waals surface area contributed by atoms with Crippen LogP contribution in [0, 0.1) is 0 Å². The quantitative estimate of drug-likeness (QED) is 0.883. The van der Waals surface area contributed by atoms with E-state index in [-0.39, 0.29) is 17.8 Å². The summed E-state index contributed by atoms with van der Waals surface area (Å²) in [5, 5.41) is 2.89. The molecule has 0 aromatic carbocycles. The standard InChI is InChI=1S/C16H20N4O2/c1-12(20(2)3)10-19-15(21)14-7-5-9-18-16(14)22-13-6-4-8-17-11-13/h4-9,11-12H,10H2,1-3H3,(H,19,21)/t12-/m1/s1. The Kier molecular flexibility index (Phi) is 5.43. The van der Waals surface area contributed by atoms with Gasteiger partial charge in [-0.1, -0.05) is 0 Å². The number of nitrogens with zero attached hydrogens (tertiary/aromatic N) is 3. The average molecular weight is 300 g/mol. The van der Waals surface area contributed by atoms with Crippen LogP contribution in [0.1, 0.15) is 17.3 Å². The van der Waals surface area contributed by atoms with Gasteiger partial charge in [0.15, 0.2) is 0 Å². The molecule has 0 unspecified atom stereocenters. The third-order valence-electron chi connectivity index (χ3n) is 3.30. The van der Waals surface area contributed by atoms with Crippen molar-refractivity contribution < 1.29 is 9.53 Å². The number of pyridine rings is 2. The van der Waals surface area contributed by atoms with Crippen LogP contribution >= 0.6 is 0 Å². The van der Waals surface area contributed by atoms with Gasteiger partial charge in [-0.15, -0.1) is 0 Å². The highest BCUT2D eigenvalue weighted by atomic mass is 16.5. The zero-order valence-corrected chi connectivity index (χ0v) is 13.0. The molecule has 0 saturated carbocycles. The van der Waals surface area contributed by atoms with Gasteiger partial charge in [-0.3, -0.25) is 9.78 Å². The molecule has 0 aliphatic carbocycles. The first-order valence-electron chi connectivity index (χ1n) is 7.05. The van der Waals surface area contributed by atoms with E-state index in [4.69, 9.17) is 4.74 Å². The van der Waals surface area contributed by atoms with Crippen molar-refractivity contribution in [3.8, 4) is 11.6 Å². The van der Waals surface area contributed by atoms with Crippen LogP contribution in [-0.4, -0.2) is 47.5 Å². The van der Waals surface area contributed by atoms with Crippen LogP contribution < -0.4 is 10.1 Å². The van der Waals surface area contributed by atoms with Crippen molar-refractivity contribution in [3.63, 3.8) is 0 Å². The molecule has 0 saturated heterocycles. The van der Waals surface area contributed by atoms with E-state index < -0.39 is 0 Å². The minimum absolute atomic E-state index is 0.208. The Balaban J connectivity index is 2.09. The van der Waals surface area contributed by atoms with Crippen LogP contribution in [0.5, 0.6) is 11.6 Å². The summed E-state index contributed by atoms with van der Waals surface area (Å²) < 4.78 is 5.64. The molecular weight excluding hydrogens is 280 g/mol. The molecule has 1 amide bonds. The number of rotatable bonds is 6. The molecule has 0 fully saturated rings. The van der Waals surface area contributed by atoms with E-state index in [1.54, 1.807) is 42.9 Å². The van der Waals surface area contributed by atoms with Gasteiger partial charge in [0.25, 0.3) is 5.91 Å². The maximum Gasteiger partial charge on any atom is 0.256 e. The van der Waals surface area contributed by atoms with Crippen molar-refractivity contribution in [1.82, 2.24) is 20.2 Å². The van der Waals surface area contributed by atoms with Crippen LogP contribution in [0.25, 0.3) is 0 Å². The number of ether oxygens (including phenoxy) is 1. The highest BCUT2D eigenvalue weighted by molar-refractivity contribution is 5.96. The third kappa shape index (κ3) is 4.26. The molecule has 2 aromatic heterocycles. The summed E-state index contributed by atoms with van der Waals surface area (Å²) in [6, 6.07) is 7.16. The number of hydrogen-bond donors (Lipinski definition) is 1. The second kappa shape index (κ2) is 7.51. The molecule has 0 radical (unpaired) electrons. The topological polar surface area (TPSA) is 67.3 Å². The van der Waals surface area contributed by atoms with Crippen LogP contribution in [0.3, 0.4) is 0 Å². The van der Waals surface area contributed by atoms with E-state index in [0.29, 0.717) is 17.9 Å². The normalized spacial score (nSPS) is 12.0. The van der Waals surface area contributed by atoms with Crippen LogP contribution in [-0.2, 0) is 0 Å². The van der Waals surface area contributed by atoms with Crippen LogP contribution in [0.2, 0.25) is 0 Å². The summed E-state index contributed by atoms with van der Waals surface area (Å²) in [7, 11) is 3.94. The smallest absolute Gasteiger partial charge is 0.256 e. The van der Waals surface area contributed by atoms with Gasteiger partial charge in [0.1, 0.15) is 11.3 Å². The van der Waals surface area contributed by atoms with Gasteiger partial charge in [-0.05, 0) is 45.3 Å². The second-order valence-corrected chi connectivity index (χ2v) is 5.17. The van der Waals surface area contributed by atoms with E-state index in [1.165, 1.54) is 0 Å². The first kappa shape index (κ1) is 15.9. The molecule has 116 valence electrons. The van der Waals surface area contributed by atoms with Gasteiger partial charge in [-0.25, -0.2) is 4.98 Å². The summed E-state index contributed by atoms with van der Waals surface area (Å²) in [6.07, 6.45) is 4.82. The van der Waals surface area contributed by atoms with Gasteiger partial charge in [0.2, 0.25) is 5.88 Å². The fraction of sp³-hybridized carbons (Fsp3) is 0.312. The fourth-order valence-electron chi connectivity index (χ4n) is 1.68. The first-order chi connectivity index (χ1) is 10.6. The number of carbonyl (C=O) groups is 1. The van der Waals surface area contributed by atoms with E-state index in [0.717, 1.165) is 0 Å². The summed E-state index contributed by atoms with van der Waals surface area (Å²) in [5.41, 5.74) is 0.400. The lowest BCUT2D eigenvalue weighted by molar-refractivity contribution is 0.0940. The lowest BCUT2D eigenvalue weighted by Crippen LogP contribution is -2.38. The Morgan fingerprint density at radius 3 is 2.77 bits per heavy atom. The van der Waals surface area contributed by atoms with Crippen molar-refractivity contribution >= 4 is 5.91 Å². The molecule has 1 atom stereocenters. The maximum atomic E-state index is 12.3. The number of amides is 1. The molecule has 0 aliphatic heterocycles. The Hall–Kier alpha value is -2.47. The van der Waals surface area contributed by atoms with Crippen molar-refractivity contribution in [2.45, 2.75) is 13.0 Å². The van der Waals surface area contributed by atoms with E-state index in [2.05, 4.69) is 15.3 Å². The van der Waals surface area contributed by atoms with Crippen molar-refractivity contribution in [3.05, 3.63) is 48.4 Å². The first-order valence-corrected chi connectivity index (χ1v) is 7.05. The van der Waals surface area contributed by atoms with Crippen molar-refractivity contribution in [2.24, 2.45) is 0 Å². The van der Waals surface area contributed by atoms with Crippen LogP contribution in [0.15, 0.2) is 42.9 Å². The Bertz CT molecular complexity index is 617. The molecule has 22 heavy (non-hydrogen) atoms. The lowest BCUT2D eigenvalue weighted by atomic mass is 10.2. The van der Waals surface area contributed by atoms with Crippen LogP contribution in [0.4, 0.5) is 0 Å². The summed E-state index contributed by atoms with van der Waals surface area (Å²) >= 11 is 0. The Labute approximate surface area is 130 Å². The number of carbonyl (C=O) groups excluding carboxylic acids is 1. The summed E-state index contributed by atoms with van der Waals surface area (Å²) in [6.45, 7) is 2.59. The monoisotopic (exact) mass is 300 g/mol. The second-order valence-electron chi connectivity index (χ2n) is 5.17. The minimum atomic E-state index is -0.208. The molecule has 2 heterocycles.